The Morgan fingerprint density at radius 3 is 0.911 bits per heavy atom. The Balaban J connectivity index is 4.68. The first-order valence-electron chi connectivity index (χ1n) is 15.0. The lowest BCUT2D eigenvalue weighted by atomic mass is 9.88. The lowest BCUT2D eigenvalue weighted by Gasteiger charge is -2.32. The first kappa shape index (κ1) is 42.6. The number of carbonyl (C=O) groups excluding carboxylic acids is 3. The molecule has 0 rings (SSSR count). The molecule has 0 aromatic carbocycles. The third kappa shape index (κ3) is 27.6. The Morgan fingerprint density at radius 2 is 0.689 bits per heavy atom. The number of hydrogen-bond donors (Lipinski definition) is 0. The summed E-state index contributed by atoms with van der Waals surface area (Å²) in [6.07, 6.45) is -2.34. The zero-order chi connectivity index (χ0) is 34.4. The molecule has 0 bridgehead atoms. The molecule has 15 nitrogen and oxygen atoms in total. The van der Waals surface area contributed by atoms with E-state index in [1.54, 1.807) is 0 Å². The van der Waals surface area contributed by atoms with Crippen LogP contribution in [0.5, 0.6) is 0 Å². The summed E-state index contributed by atoms with van der Waals surface area (Å²) in [7, 11) is 0. The van der Waals surface area contributed by atoms with Crippen LogP contribution in [-0.4, -0.2) is 97.7 Å². The highest BCUT2D eigenvalue weighted by Gasteiger charge is 2.30. The van der Waals surface area contributed by atoms with E-state index in [0.717, 1.165) is 0 Å². The molecule has 0 radical (unpaired) electrons. The normalized spacial score (nSPS) is 12.4. The first-order valence-corrected chi connectivity index (χ1v) is 15.0. The van der Waals surface area contributed by atoms with E-state index < -0.39 is 23.9 Å². The molecule has 0 fully saturated rings. The van der Waals surface area contributed by atoms with Crippen molar-refractivity contribution in [1.82, 2.24) is 0 Å². The molecule has 266 valence electrons. The van der Waals surface area contributed by atoms with Gasteiger partial charge in [-0.05, 0) is 22.7 Å². The van der Waals surface area contributed by atoms with Gasteiger partial charge in [-0.2, -0.15) is 14.7 Å². The molecule has 0 spiro atoms. The minimum Gasteiger partial charge on any atom is -0.430 e. The van der Waals surface area contributed by atoms with E-state index in [9.17, 15) is 14.4 Å². The van der Waals surface area contributed by atoms with E-state index in [4.69, 9.17) is 43.1 Å². The maximum absolute atomic E-state index is 11.7. The Bertz CT molecular complexity index is 709. The van der Waals surface area contributed by atoms with Gasteiger partial charge < -0.3 is 28.4 Å². The van der Waals surface area contributed by atoms with Gasteiger partial charge in [0.15, 0.2) is 0 Å². The molecular weight excluding hydrogens is 600 g/mol. The molecule has 15 heteroatoms. The molecule has 0 aliphatic carbocycles. The summed E-state index contributed by atoms with van der Waals surface area (Å²) in [6.45, 7) is 20.5. The highest BCUT2D eigenvalue weighted by molar-refractivity contribution is 5.59. The second-order valence-corrected chi connectivity index (χ2v) is 14.0. The second kappa shape index (κ2) is 22.2. The number of ether oxygens (including phenoxy) is 6. The van der Waals surface area contributed by atoms with Crippen LogP contribution in [0.4, 0.5) is 14.4 Å². The Labute approximate surface area is 267 Å². The summed E-state index contributed by atoms with van der Waals surface area (Å²) in [5.41, 5.74) is -1.17. The van der Waals surface area contributed by atoms with E-state index in [1.165, 1.54) is 0 Å². The highest BCUT2D eigenvalue weighted by atomic mass is 17.2. The molecule has 0 unspecified atom stereocenters. The van der Waals surface area contributed by atoms with Gasteiger partial charge in [0.05, 0.1) is 59.5 Å². The maximum Gasteiger partial charge on any atom is 0.540 e. The Morgan fingerprint density at radius 1 is 0.422 bits per heavy atom. The molecule has 45 heavy (non-hydrogen) atoms. The smallest absolute Gasteiger partial charge is 0.430 e. The van der Waals surface area contributed by atoms with Gasteiger partial charge in [0.1, 0.15) is 19.8 Å². The third-order valence-electron chi connectivity index (χ3n) is 5.17. The summed E-state index contributed by atoms with van der Waals surface area (Å²) in [5.74, 6) is 0. The van der Waals surface area contributed by atoms with Crippen LogP contribution in [0.1, 0.15) is 75.7 Å². The zero-order valence-corrected chi connectivity index (χ0v) is 28.8. The van der Waals surface area contributed by atoms with Crippen LogP contribution in [0.15, 0.2) is 0 Å². The second-order valence-electron chi connectivity index (χ2n) is 14.0. The molecular formula is C30H56O15. The molecule has 0 aromatic heterocycles. The fourth-order valence-electron chi connectivity index (χ4n) is 2.68. The lowest BCUT2D eigenvalue weighted by molar-refractivity contribution is -0.268. The SMILES string of the molecule is CCC(COCCOC(=O)OOCC(C)(C)C)(COCCOC(=O)OOCC(C)(C)C)COCCOC(=O)OOCC(C)(C)C. The zero-order valence-electron chi connectivity index (χ0n) is 28.8. The van der Waals surface area contributed by atoms with E-state index in [2.05, 4.69) is 14.7 Å². The molecule has 0 aromatic rings. The van der Waals surface area contributed by atoms with Crippen LogP contribution < -0.4 is 0 Å². The van der Waals surface area contributed by atoms with E-state index in [1.807, 2.05) is 69.2 Å². The third-order valence-corrected chi connectivity index (χ3v) is 5.17. The summed E-state index contributed by atoms with van der Waals surface area (Å²) in [5, 5.41) is 0. The quantitative estimate of drug-likeness (QED) is 0.0450. The van der Waals surface area contributed by atoms with Gasteiger partial charge in [-0.1, -0.05) is 69.2 Å². The van der Waals surface area contributed by atoms with Crippen molar-refractivity contribution in [1.29, 1.82) is 0 Å². The molecule has 0 saturated heterocycles. The van der Waals surface area contributed by atoms with Crippen molar-refractivity contribution in [2.75, 3.05) is 79.3 Å². The van der Waals surface area contributed by atoms with Crippen molar-refractivity contribution in [2.24, 2.45) is 21.7 Å². The fourth-order valence-corrected chi connectivity index (χ4v) is 2.68. The molecule has 0 aliphatic rings. The maximum atomic E-state index is 11.7. The van der Waals surface area contributed by atoms with Crippen molar-refractivity contribution >= 4 is 18.5 Å². The van der Waals surface area contributed by atoms with E-state index >= 15 is 0 Å². The van der Waals surface area contributed by atoms with Gasteiger partial charge in [0.2, 0.25) is 0 Å². The van der Waals surface area contributed by atoms with Crippen molar-refractivity contribution in [3.63, 3.8) is 0 Å². The van der Waals surface area contributed by atoms with Crippen LogP contribution in [0, 0.1) is 21.7 Å². The van der Waals surface area contributed by atoms with E-state index in [0.29, 0.717) is 6.42 Å². The average molecular weight is 657 g/mol. The van der Waals surface area contributed by atoms with Crippen LogP contribution >= 0.6 is 0 Å². The highest BCUT2D eigenvalue weighted by Crippen LogP contribution is 2.24. The summed E-state index contributed by atoms with van der Waals surface area (Å²) < 4.78 is 32.1. The molecule has 0 heterocycles. The average Bonchev–Trinajstić information content (AvgIpc) is 2.90. The molecule has 0 N–H and O–H groups in total. The summed E-state index contributed by atoms with van der Waals surface area (Å²) in [4.78, 5) is 63.4. The van der Waals surface area contributed by atoms with Gasteiger partial charge in [-0.25, -0.2) is 14.4 Å². The lowest BCUT2D eigenvalue weighted by Crippen LogP contribution is -2.38. The van der Waals surface area contributed by atoms with E-state index in [-0.39, 0.29) is 95.5 Å². The van der Waals surface area contributed by atoms with Crippen LogP contribution in [0.3, 0.4) is 0 Å². The van der Waals surface area contributed by atoms with Crippen LogP contribution in [-0.2, 0) is 57.7 Å². The van der Waals surface area contributed by atoms with Gasteiger partial charge in [-0.15, -0.1) is 0 Å². The van der Waals surface area contributed by atoms with Gasteiger partial charge in [0, 0.05) is 5.41 Å². The van der Waals surface area contributed by atoms with Crippen molar-refractivity contribution < 1.29 is 72.1 Å². The molecule has 0 saturated carbocycles. The minimum absolute atomic E-state index is 0.0697. The Kier molecular flexibility index (Phi) is 21.0. The molecule has 0 amide bonds. The van der Waals surface area contributed by atoms with Crippen molar-refractivity contribution in [3.05, 3.63) is 0 Å². The van der Waals surface area contributed by atoms with Crippen LogP contribution in [0.2, 0.25) is 0 Å². The van der Waals surface area contributed by atoms with Crippen LogP contribution in [0.25, 0.3) is 0 Å². The van der Waals surface area contributed by atoms with Gasteiger partial charge >= 0.3 is 18.5 Å². The summed E-state index contributed by atoms with van der Waals surface area (Å²) in [6, 6.07) is 0. The van der Waals surface area contributed by atoms with Crippen molar-refractivity contribution in [3.8, 4) is 0 Å². The standard InChI is InChI=1S/C30H56O15/c1-11-30(21-34-12-15-37-24(31)43-40-18-27(2,3)4,22-35-13-16-38-25(32)44-41-19-28(5,6)7)23-36-14-17-39-26(33)45-42-20-29(8,9)10/h11-23H2,1-10H3. The van der Waals surface area contributed by atoms with Crippen molar-refractivity contribution in [2.45, 2.75) is 75.7 Å². The summed E-state index contributed by atoms with van der Waals surface area (Å²) >= 11 is 0. The van der Waals surface area contributed by atoms with Gasteiger partial charge in [0.25, 0.3) is 0 Å². The number of hydrogen-bond acceptors (Lipinski definition) is 15. The first-order chi connectivity index (χ1) is 20.9. The minimum atomic E-state index is -0.971. The van der Waals surface area contributed by atoms with Gasteiger partial charge in [-0.3, -0.25) is 14.7 Å². The Hall–Kier alpha value is -2.43. The predicted molar refractivity (Wildman–Crippen MR) is 159 cm³/mol. The fraction of sp³-hybridized carbons (Fsp3) is 0.900. The molecule has 0 aliphatic heterocycles. The monoisotopic (exact) mass is 656 g/mol. The number of rotatable bonds is 22. The topological polar surface area (TPSA) is 162 Å². The predicted octanol–water partition coefficient (Wildman–Crippen LogP) is 5.83. The number of carbonyl (C=O) groups is 3. The molecule has 0 atom stereocenters. The largest absolute Gasteiger partial charge is 0.540 e.